The van der Waals surface area contributed by atoms with Gasteiger partial charge in [-0.25, -0.2) is 4.79 Å². The summed E-state index contributed by atoms with van der Waals surface area (Å²) in [6.45, 7) is 0. The Morgan fingerprint density at radius 3 is 2.44 bits per heavy atom. The van der Waals surface area contributed by atoms with Crippen LogP contribution in [0.2, 0.25) is 0 Å². The Bertz CT molecular complexity index is 1140. The number of aliphatic carboxylic acids is 1. The van der Waals surface area contributed by atoms with Crippen molar-refractivity contribution in [1.82, 2.24) is 9.55 Å². The lowest BCUT2D eigenvalue weighted by Gasteiger charge is -2.27. The molecule has 1 saturated carbocycles. The molecule has 0 amide bonds. The van der Waals surface area contributed by atoms with E-state index in [1.165, 1.54) is 0 Å². The molecule has 1 aromatic carbocycles. The minimum Gasteiger partial charge on any atom is -0.475 e. The number of rotatable bonds is 3. The summed E-state index contributed by atoms with van der Waals surface area (Å²) >= 11 is 1.61. The van der Waals surface area contributed by atoms with E-state index in [2.05, 4.69) is 16.4 Å². The summed E-state index contributed by atoms with van der Waals surface area (Å²) in [5.74, 6) is -2.76. The number of nitrogens with zero attached hydrogens (tertiary/aromatic N) is 2. The molecule has 0 aliphatic heterocycles. The van der Waals surface area contributed by atoms with E-state index in [4.69, 9.17) is 9.90 Å². The van der Waals surface area contributed by atoms with Crippen LogP contribution in [0.3, 0.4) is 0 Å². The fourth-order valence-corrected chi connectivity index (χ4v) is 4.15. The molecule has 0 saturated heterocycles. The Labute approximate surface area is 185 Å². The molecule has 2 heterocycles. The first kappa shape index (κ1) is 23.7. The van der Waals surface area contributed by atoms with Crippen molar-refractivity contribution in [3.05, 3.63) is 46.3 Å². The van der Waals surface area contributed by atoms with E-state index in [1.807, 2.05) is 23.8 Å². The number of aliphatic hydroxyl groups is 1. The highest BCUT2D eigenvalue weighted by Gasteiger charge is 2.38. The quantitative estimate of drug-likeness (QED) is 0.536. The monoisotopic (exact) mass is 469 g/mol. The minimum atomic E-state index is -5.08. The van der Waals surface area contributed by atoms with Crippen LogP contribution in [0.5, 0.6) is 0 Å². The number of pyridine rings is 1. The third-order valence-corrected chi connectivity index (χ3v) is 6.08. The highest BCUT2D eigenvalue weighted by Crippen LogP contribution is 2.31. The molecule has 1 aliphatic carbocycles. The average Bonchev–Trinajstić information content (AvgIpc) is 3.28. The summed E-state index contributed by atoms with van der Waals surface area (Å²) in [5.41, 5.74) is 4.71. The standard InChI is InChI=1S/C19H21N3O2S.C2HF3O2/c1-22-17-7-2-12(18-10-20-11-25-18)8-15(17)16(9-19(22)24)21-13-3-5-14(23)6-4-13;3-2(4,5)1(6)7/h2,7-11,13-14,21,23H,3-6H2,1H3;(H,6,7). The highest BCUT2D eigenvalue weighted by molar-refractivity contribution is 7.13. The molecule has 1 aliphatic rings. The van der Waals surface area contributed by atoms with Crippen molar-refractivity contribution in [2.24, 2.45) is 7.05 Å². The van der Waals surface area contributed by atoms with Crippen molar-refractivity contribution < 1.29 is 28.2 Å². The minimum absolute atomic E-state index is 0.0172. The Balaban J connectivity index is 0.000000360. The van der Waals surface area contributed by atoms with Crippen molar-refractivity contribution in [2.75, 3.05) is 5.32 Å². The van der Waals surface area contributed by atoms with Gasteiger partial charge >= 0.3 is 12.1 Å². The molecule has 2 aromatic heterocycles. The predicted molar refractivity (Wildman–Crippen MR) is 116 cm³/mol. The number of aliphatic hydroxyl groups excluding tert-OH is 1. The number of thiazole rings is 1. The third kappa shape index (κ3) is 5.65. The zero-order valence-electron chi connectivity index (χ0n) is 17.1. The maximum Gasteiger partial charge on any atom is 0.490 e. The van der Waals surface area contributed by atoms with Crippen LogP contribution in [0.4, 0.5) is 18.9 Å². The molecule has 11 heteroatoms. The Kier molecular flexibility index (Phi) is 7.19. The normalized spacial score (nSPS) is 18.7. The summed E-state index contributed by atoms with van der Waals surface area (Å²) < 4.78 is 33.4. The van der Waals surface area contributed by atoms with Gasteiger partial charge in [-0.1, -0.05) is 6.07 Å². The van der Waals surface area contributed by atoms with E-state index >= 15 is 0 Å². The van der Waals surface area contributed by atoms with Crippen LogP contribution >= 0.6 is 11.3 Å². The summed E-state index contributed by atoms with van der Waals surface area (Å²) in [7, 11) is 1.80. The third-order valence-electron chi connectivity index (χ3n) is 5.26. The summed E-state index contributed by atoms with van der Waals surface area (Å²) in [6, 6.07) is 8.15. The SMILES string of the molecule is Cn1c(=O)cc(NC2CCC(O)CC2)c2cc(-c3cncs3)ccc21.O=C(O)C(F)(F)F. The Morgan fingerprint density at radius 2 is 1.88 bits per heavy atom. The van der Waals surface area contributed by atoms with Gasteiger partial charge in [0.15, 0.2) is 0 Å². The van der Waals surface area contributed by atoms with Gasteiger partial charge in [-0.05, 0) is 43.4 Å². The molecule has 7 nitrogen and oxygen atoms in total. The number of hydrogen-bond donors (Lipinski definition) is 3. The molecule has 3 aromatic rings. The molecule has 0 unspecified atom stereocenters. The molecule has 0 bridgehead atoms. The number of anilines is 1. The molecule has 4 rings (SSSR count). The van der Waals surface area contributed by atoms with Crippen LogP contribution < -0.4 is 10.9 Å². The van der Waals surface area contributed by atoms with Gasteiger partial charge in [-0.3, -0.25) is 9.78 Å². The van der Waals surface area contributed by atoms with Crippen molar-refractivity contribution in [2.45, 2.75) is 44.0 Å². The van der Waals surface area contributed by atoms with E-state index in [0.717, 1.165) is 52.7 Å². The maximum atomic E-state index is 12.3. The first-order chi connectivity index (χ1) is 15.1. The van der Waals surface area contributed by atoms with Crippen LogP contribution in [-0.2, 0) is 11.8 Å². The first-order valence-corrected chi connectivity index (χ1v) is 10.7. The second-order valence-corrected chi connectivity index (χ2v) is 8.39. The maximum absolute atomic E-state index is 12.3. The number of aryl methyl sites for hydroxylation is 1. The highest BCUT2D eigenvalue weighted by atomic mass is 32.1. The van der Waals surface area contributed by atoms with Crippen LogP contribution in [0.15, 0.2) is 40.8 Å². The Hall–Kier alpha value is -2.92. The van der Waals surface area contributed by atoms with E-state index in [1.54, 1.807) is 29.0 Å². The van der Waals surface area contributed by atoms with E-state index in [0.29, 0.717) is 6.04 Å². The molecule has 172 valence electrons. The van der Waals surface area contributed by atoms with Gasteiger partial charge in [0, 0.05) is 36.4 Å². The number of hydrogen-bond acceptors (Lipinski definition) is 6. The first-order valence-electron chi connectivity index (χ1n) is 9.83. The van der Waals surface area contributed by atoms with Gasteiger partial charge in [0.1, 0.15) is 0 Å². The van der Waals surface area contributed by atoms with E-state index < -0.39 is 12.1 Å². The smallest absolute Gasteiger partial charge is 0.475 e. The molecule has 0 atom stereocenters. The topological polar surface area (TPSA) is 104 Å². The van der Waals surface area contributed by atoms with E-state index in [9.17, 15) is 23.1 Å². The fraction of sp³-hybridized carbons (Fsp3) is 0.381. The number of carbonyl (C=O) groups is 1. The summed E-state index contributed by atoms with van der Waals surface area (Å²) in [4.78, 5) is 26.5. The molecule has 3 N–H and O–H groups in total. The summed E-state index contributed by atoms with van der Waals surface area (Å²) in [6.07, 6.45) is 0.0674. The number of carboxylic acids is 1. The Morgan fingerprint density at radius 1 is 1.22 bits per heavy atom. The van der Waals surface area contributed by atoms with Crippen molar-refractivity contribution >= 4 is 33.9 Å². The van der Waals surface area contributed by atoms with Gasteiger partial charge in [-0.2, -0.15) is 13.2 Å². The van der Waals surface area contributed by atoms with Crippen LogP contribution in [0.25, 0.3) is 21.3 Å². The van der Waals surface area contributed by atoms with Crippen LogP contribution in [0, 0.1) is 0 Å². The second kappa shape index (κ2) is 9.70. The molecular weight excluding hydrogens is 447 g/mol. The van der Waals surface area contributed by atoms with Gasteiger partial charge in [0.2, 0.25) is 0 Å². The number of carboxylic acid groups (broad SMARTS) is 1. The number of fused-ring (bicyclic) bond motifs is 1. The van der Waals surface area contributed by atoms with Crippen molar-refractivity contribution in [3.8, 4) is 10.4 Å². The van der Waals surface area contributed by atoms with Crippen LogP contribution in [0.1, 0.15) is 25.7 Å². The van der Waals surface area contributed by atoms with Crippen molar-refractivity contribution in [1.29, 1.82) is 0 Å². The van der Waals surface area contributed by atoms with Gasteiger partial charge in [0.05, 0.1) is 22.0 Å². The number of alkyl halides is 3. The zero-order chi connectivity index (χ0) is 23.5. The van der Waals surface area contributed by atoms with Gasteiger partial charge < -0.3 is 20.1 Å². The van der Waals surface area contributed by atoms with E-state index in [-0.39, 0.29) is 11.7 Å². The fourth-order valence-electron chi connectivity index (χ4n) is 3.53. The lowest BCUT2D eigenvalue weighted by atomic mass is 9.93. The van der Waals surface area contributed by atoms with Crippen LogP contribution in [-0.4, -0.2) is 44.1 Å². The number of aromatic nitrogens is 2. The molecule has 0 radical (unpaired) electrons. The summed E-state index contributed by atoms with van der Waals surface area (Å²) in [5, 5.41) is 21.4. The van der Waals surface area contributed by atoms with Crippen molar-refractivity contribution in [3.63, 3.8) is 0 Å². The lowest BCUT2D eigenvalue weighted by molar-refractivity contribution is -0.192. The molecule has 1 fully saturated rings. The predicted octanol–water partition coefficient (Wildman–Crippen LogP) is 4.01. The van der Waals surface area contributed by atoms with Gasteiger partial charge in [0.25, 0.3) is 5.56 Å². The number of benzene rings is 1. The average molecular weight is 469 g/mol. The zero-order valence-corrected chi connectivity index (χ0v) is 17.9. The molecular formula is C21H22F3N3O4S. The number of halogens is 3. The lowest BCUT2D eigenvalue weighted by Crippen LogP contribution is -2.29. The van der Waals surface area contributed by atoms with Gasteiger partial charge in [-0.15, -0.1) is 11.3 Å². The number of nitrogens with one attached hydrogen (secondary N) is 1. The second-order valence-electron chi connectivity index (χ2n) is 7.51. The molecule has 0 spiro atoms. The molecule has 32 heavy (non-hydrogen) atoms. The largest absolute Gasteiger partial charge is 0.490 e.